The van der Waals surface area contributed by atoms with E-state index < -0.39 is 30.8 Å². The first-order valence-corrected chi connectivity index (χ1v) is 7.36. The Morgan fingerprint density at radius 2 is 1.85 bits per heavy atom. The van der Waals surface area contributed by atoms with E-state index in [4.69, 9.17) is 4.74 Å². The van der Waals surface area contributed by atoms with Gasteiger partial charge in [0.05, 0.1) is 19.3 Å². The molecular formula is C17H15F3N2O4. The molecule has 2 amide bonds. The lowest BCUT2D eigenvalue weighted by molar-refractivity contribution is -0.115. The number of rotatable bonds is 7. The van der Waals surface area contributed by atoms with Crippen molar-refractivity contribution >= 4 is 17.5 Å². The van der Waals surface area contributed by atoms with Gasteiger partial charge in [-0.1, -0.05) is 12.1 Å². The standard InChI is InChI=1S/C17H15F3N2O4/c1-25-14-8-10(6-7-13(14)26-17(19)20)16(24)21-9-15(23)22-12-5-3-2-4-11(12)18/h2-8,17H,9H2,1H3,(H,21,24)(H,22,23). The lowest BCUT2D eigenvalue weighted by Crippen LogP contribution is -2.33. The molecule has 0 radical (unpaired) electrons. The Bertz CT molecular complexity index is 799. The van der Waals surface area contributed by atoms with Gasteiger partial charge in [-0.2, -0.15) is 8.78 Å². The normalized spacial score (nSPS) is 10.3. The van der Waals surface area contributed by atoms with Crippen molar-refractivity contribution in [2.75, 3.05) is 19.0 Å². The molecule has 2 aromatic rings. The number of para-hydroxylation sites is 1. The number of amides is 2. The average molecular weight is 368 g/mol. The van der Waals surface area contributed by atoms with Crippen LogP contribution in [-0.2, 0) is 4.79 Å². The first-order chi connectivity index (χ1) is 12.4. The minimum Gasteiger partial charge on any atom is -0.493 e. The van der Waals surface area contributed by atoms with Crippen LogP contribution in [0.5, 0.6) is 11.5 Å². The molecule has 9 heteroatoms. The number of carbonyl (C=O) groups excluding carboxylic acids is 2. The zero-order chi connectivity index (χ0) is 19.1. The fraction of sp³-hybridized carbons (Fsp3) is 0.176. The van der Waals surface area contributed by atoms with Gasteiger partial charge in [0.25, 0.3) is 5.91 Å². The van der Waals surface area contributed by atoms with Gasteiger partial charge in [0.1, 0.15) is 5.82 Å². The Kier molecular flexibility index (Phi) is 6.42. The van der Waals surface area contributed by atoms with Crippen LogP contribution >= 0.6 is 0 Å². The highest BCUT2D eigenvalue weighted by molar-refractivity contribution is 5.99. The van der Waals surface area contributed by atoms with Gasteiger partial charge < -0.3 is 20.1 Å². The molecule has 0 fully saturated rings. The minimum atomic E-state index is -3.04. The van der Waals surface area contributed by atoms with Gasteiger partial charge in [-0.15, -0.1) is 0 Å². The third kappa shape index (κ3) is 5.13. The Labute approximate surface area is 146 Å². The zero-order valence-electron chi connectivity index (χ0n) is 13.6. The number of alkyl halides is 2. The zero-order valence-corrected chi connectivity index (χ0v) is 13.6. The summed E-state index contributed by atoms with van der Waals surface area (Å²) in [4.78, 5) is 23.8. The number of benzene rings is 2. The van der Waals surface area contributed by atoms with Gasteiger partial charge in [-0.3, -0.25) is 9.59 Å². The highest BCUT2D eigenvalue weighted by Crippen LogP contribution is 2.29. The fourth-order valence-electron chi connectivity index (χ4n) is 2.02. The summed E-state index contributed by atoms with van der Waals surface area (Å²) < 4.78 is 47.2. The summed E-state index contributed by atoms with van der Waals surface area (Å²) in [6.45, 7) is -3.45. The number of anilines is 1. The molecule has 0 aliphatic carbocycles. The van der Waals surface area contributed by atoms with Gasteiger partial charge in [0, 0.05) is 5.56 Å². The third-order valence-electron chi connectivity index (χ3n) is 3.20. The van der Waals surface area contributed by atoms with Crippen LogP contribution in [0.4, 0.5) is 18.9 Å². The number of methoxy groups -OCH3 is 1. The molecule has 0 spiro atoms. The van der Waals surface area contributed by atoms with E-state index in [1.807, 2.05) is 0 Å². The predicted molar refractivity (Wildman–Crippen MR) is 87.0 cm³/mol. The highest BCUT2D eigenvalue weighted by atomic mass is 19.3. The Morgan fingerprint density at radius 3 is 2.50 bits per heavy atom. The molecule has 0 unspecified atom stereocenters. The molecule has 2 aromatic carbocycles. The summed E-state index contributed by atoms with van der Waals surface area (Å²) >= 11 is 0. The van der Waals surface area contributed by atoms with E-state index in [1.165, 1.54) is 37.4 Å². The van der Waals surface area contributed by atoms with Gasteiger partial charge in [0.2, 0.25) is 5.91 Å². The summed E-state index contributed by atoms with van der Waals surface area (Å²) in [5.41, 5.74) is 0.0593. The van der Waals surface area contributed by atoms with Crippen LogP contribution in [0.1, 0.15) is 10.4 Å². The Morgan fingerprint density at radius 1 is 1.12 bits per heavy atom. The fourth-order valence-corrected chi connectivity index (χ4v) is 2.02. The van der Waals surface area contributed by atoms with Crippen LogP contribution in [0.3, 0.4) is 0 Å². The molecule has 2 rings (SSSR count). The lowest BCUT2D eigenvalue weighted by Gasteiger charge is -2.11. The number of halogens is 3. The number of hydrogen-bond donors (Lipinski definition) is 2. The molecule has 0 saturated carbocycles. The summed E-state index contributed by atoms with van der Waals surface area (Å²) in [5, 5.41) is 4.65. The van der Waals surface area contributed by atoms with E-state index in [0.717, 1.165) is 6.07 Å². The van der Waals surface area contributed by atoms with Crippen molar-refractivity contribution in [2.24, 2.45) is 0 Å². The van der Waals surface area contributed by atoms with Crippen molar-refractivity contribution in [3.8, 4) is 11.5 Å². The van der Waals surface area contributed by atoms with Crippen LogP contribution in [0.2, 0.25) is 0 Å². The van der Waals surface area contributed by atoms with E-state index in [-0.39, 0.29) is 22.7 Å². The number of nitrogens with one attached hydrogen (secondary N) is 2. The largest absolute Gasteiger partial charge is 0.493 e. The maximum absolute atomic E-state index is 13.4. The smallest absolute Gasteiger partial charge is 0.387 e. The first kappa shape index (κ1) is 19.1. The molecule has 138 valence electrons. The van der Waals surface area contributed by atoms with Crippen LogP contribution in [-0.4, -0.2) is 32.1 Å². The van der Waals surface area contributed by atoms with Gasteiger partial charge >= 0.3 is 6.61 Å². The number of ether oxygens (including phenoxy) is 2. The second kappa shape index (κ2) is 8.75. The second-order valence-electron chi connectivity index (χ2n) is 4.95. The highest BCUT2D eigenvalue weighted by Gasteiger charge is 2.15. The molecule has 6 nitrogen and oxygen atoms in total. The molecular weight excluding hydrogens is 353 g/mol. The second-order valence-corrected chi connectivity index (χ2v) is 4.95. The van der Waals surface area contributed by atoms with E-state index in [2.05, 4.69) is 15.4 Å². The van der Waals surface area contributed by atoms with Crippen molar-refractivity contribution in [1.29, 1.82) is 0 Å². The van der Waals surface area contributed by atoms with Gasteiger partial charge in [0.15, 0.2) is 11.5 Å². The van der Waals surface area contributed by atoms with Crippen molar-refractivity contribution < 1.29 is 32.2 Å². The van der Waals surface area contributed by atoms with Crippen LogP contribution in [0.25, 0.3) is 0 Å². The maximum Gasteiger partial charge on any atom is 0.387 e. The van der Waals surface area contributed by atoms with Crippen LogP contribution in [0, 0.1) is 5.82 Å². The monoisotopic (exact) mass is 368 g/mol. The molecule has 0 atom stereocenters. The number of hydrogen-bond acceptors (Lipinski definition) is 4. The average Bonchev–Trinajstić information content (AvgIpc) is 2.61. The molecule has 0 aliphatic heterocycles. The van der Waals surface area contributed by atoms with Crippen molar-refractivity contribution in [1.82, 2.24) is 5.32 Å². The quantitative estimate of drug-likeness (QED) is 0.788. The van der Waals surface area contributed by atoms with Crippen molar-refractivity contribution in [3.05, 3.63) is 53.8 Å². The first-order valence-electron chi connectivity index (χ1n) is 7.36. The number of carbonyl (C=O) groups is 2. The van der Waals surface area contributed by atoms with Crippen molar-refractivity contribution in [2.45, 2.75) is 6.61 Å². The maximum atomic E-state index is 13.4. The molecule has 2 N–H and O–H groups in total. The van der Waals surface area contributed by atoms with Gasteiger partial charge in [-0.25, -0.2) is 4.39 Å². The summed E-state index contributed by atoms with van der Waals surface area (Å²) in [6.07, 6.45) is 0. The Hall–Kier alpha value is -3.23. The summed E-state index contributed by atoms with van der Waals surface area (Å²) in [7, 11) is 1.23. The third-order valence-corrected chi connectivity index (χ3v) is 3.20. The van der Waals surface area contributed by atoms with E-state index in [1.54, 1.807) is 6.07 Å². The summed E-state index contributed by atoms with van der Waals surface area (Å²) in [5.74, 6) is -2.17. The SMILES string of the molecule is COc1cc(C(=O)NCC(=O)Nc2ccccc2F)ccc1OC(F)F. The molecule has 0 saturated heterocycles. The van der Waals surface area contributed by atoms with E-state index >= 15 is 0 Å². The molecule has 0 aliphatic rings. The minimum absolute atomic E-state index is 0.0121. The van der Waals surface area contributed by atoms with Crippen LogP contribution < -0.4 is 20.1 Å². The topological polar surface area (TPSA) is 76.7 Å². The van der Waals surface area contributed by atoms with E-state index in [9.17, 15) is 22.8 Å². The molecule has 26 heavy (non-hydrogen) atoms. The molecule has 0 heterocycles. The molecule has 0 bridgehead atoms. The lowest BCUT2D eigenvalue weighted by atomic mass is 10.2. The van der Waals surface area contributed by atoms with Crippen LogP contribution in [0.15, 0.2) is 42.5 Å². The van der Waals surface area contributed by atoms with Crippen molar-refractivity contribution in [3.63, 3.8) is 0 Å². The van der Waals surface area contributed by atoms with Gasteiger partial charge in [-0.05, 0) is 30.3 Å². The Balaban J connectivity index is 1.97. The molecule has 0 aromatic heterocycles. The summed E-state index contributed by atoms with van der Waals surface area (Å²) in [6, 6.07) is 9.17. The predicted octanol–water partition coefficient (Wildman–Crippen LogP) is 2.80. The van der Waals surface area contributed by atoms with E-state index in [0.29, 0.717) is 0 Å².